The Hall–Kier alpha value is -5.51. The van der Waals surface area contributed by atoms with Crippen molar-refractivity contribution in [2.75, 3.05) is 56.9 Å². The van der Waals surface area contributed by atoms with Gasteiger partial charge in [0, 0.05) is 61.3 Å². The summed E-state index contributed by atoms with van der Waals surface area (Å²) in [5, 5.41) is 28.5. The standard InChI is InChI=1S/C37H39ClN8O4/c1-3-46(29-10-11-32(40)30(19-29)34(41)26-8-9-27(20-39)31(38)18-26)36(48)28-12-15-44(21-28)22-33(47)45-16-13-24(14-17-45)23-4-6-25(7-5-23)35(42)50-37(49)43-2/h4-11,13,18-19,28,41-42H,3,12,14-17,21-22,40H2,1-2H3,(H,43,49)/t28-/m1/s1. The molecule has 0 aromatic heterocycles. The lowest BCUT2D eigenvalue weighted by atomic mass is 9.98. The highest BCUT2D eigenvalue weighted by atomic mass is 35.5. The predicted molar refractivity (Wildman–Crippen MR) is 194 cm³/mol. The van der Waals surface area contributed by atoms with E-state index in [-0.39, 0.29) is 40.9 Å². The van der Waals surface area contributed by atoms with Crippen molar-refractivity contribution >= 4 is 58.1 Å². The largest absolute Gasteiger partial charge is 0.413 e. The van der Waals surface area contributed by atoms with Crippen LogP contribution in [0, 0.1) is 28.1 Å². The molecule has 0 bridgehead atoms. The van der Waals surface area contributed by atoms with Gasteiger partial charge in [-0.25, -0.2) is 4.79 Å². The number of ether oxygens (including phenoxy) is 1. The van der Waals surface area contributed by atoms with Crippen LogP contribution in [-0.4, -0.2) is 85.6 Å². The van der Waals surface area contributed by atoms with Crippen molar-refractivity contribution in [3.8, 4) is 6.07 Å². The average Bonchev–Trinajstić information content (AvgIpc) is 3.60. The van der Waals surface area contributed by atoms with E-state index in [2.05, 4.69) is 5.32 Å². The van der Waals surface area contributed by atoms with Crippen molar-refractivity contribution in [1.82, 2.24) is 15.1 Å². The first-order valence-electron chi connectivity index (χ1n) is 16.3. The quantitative estimate of drug-likeness (QED) is 0.140. The van der Waals surface area contributed by atoms with Crippen LogP contribution in [0.4, 0.5) is 16.2 Å². The van der Waals surface area contributed by atoms with Gasteiger partial charge in [0.1, 0.15) is 6.07 Å². The molecule has 5 rings (SSSR count). The van der Waals surface area contributed by atoms with Crippen LogP contribution in [0.1, 0.15) is 47.6 Å². The number of alkyl carbamates (subject to hydrolysis) is 1. The van der Waals surface area contributed by atoms with E-state index in [0.29, 0.717) is 79.2 Å². The number of carbonyl (C=O) groups is 3. The molecule has 5 N–H and O–H groups in total. The summed E-state index contributed by atoms with van der Waals surface area (Å²) in [4.78, 5) is 44.0. The van der Waals surface area contributed by atoms with Crippen LogP contribution in [0.15, 0.2) is 66.7 Å². The molecule has 1 fully saturated rings. The van der Waals surface area contributed by atoms with E-state index in [1.165, 1.54) is 7.05 Å². The fourth-order valence-electron chi connectivity index (χ4n) is 6.20. The zero-order chi connectivity index (χ0) is 35.9. The van der Waals surface area contributed by atoms with Gasteiger partial charge in [0.25, 0.3) is 0 Å². The molecule has 0 radical (unpaired) electrons. The van der Waals surface area contributed by atoms with Gasteiger partial charge in [-0.15, -0.1) is 0 Å². The monoisotopic (exact) mass is 694 g/mol. The second kappa shape index (κ2) is 15.8. The number of amides is 3. The van der Waals surface area contributed by atoms with Gasteiger partial charge in [-0.05, 0) is 79.9 Å². The SMILES string of the molecule is CCN(C(=O)[C@@H]1CCN(CC(=O)N2CC=C(c3ccc(C(=N)OC(=O)NC)cc3)CC2)C1)c1ccc(N)c(C(=N)c2ccc(C#N)c(Cl)c2)c1. The van der Waals surface area contributed by atoms with E-state index < -0.39 is 6.09 Å². The first-order chi connectivity index (χ1) is 24.0. The van der Waals surface area contributed by atoms with E-state index in [0.717, 1.165) is 11.1 Å². The number of halogens is 1. The van der Waals surface area contributed by atoms with Gasteiger partial charge in [0.2, 0.25) is 17.7 Å². The highest BCUT2D eigenvalue weighted by molar-refractivity contribution is 6.32. The summed E-state index contributed by atoms with van der Waals surface area (Å²) in [5.74, 6) is -0.542. The maximum atomic E-state index is 13.8. The second-order valence-corrected chi connectivity index (χ2v) is 12.5. The molecule has 3 aromatic rings. The number of nitrogens with two attached hydrogens (primary N) is 1. The predicted octanol–water partition coefficient (Wildman–Crippen LogP) is 4.88. The van der Waals surface area contributed by atoms with Crippen LogP contribution < -0.4 is 16.0 Å². The summed E-state index contributed by atoms with van der Waals surface area (Å²) in [7, 11) is 1.43. The Morgan fingerprint density at radius 1 is 1.08 bits per heavy atom. The van der Waals surface area contributed by atoms with Crippen LogP contribution >= 0.6 is 11.6 Å². The molecule has 2 heterocycles. The third-order valence-electron chi connectivity index (χ3n) is 9.04. The van der Waals surface area contributed by atoms with Gasteiger partial charge in [0.15, 0.2) is 0 Å². The molecule has 258 valence electrons. The Morgan fingerprint density at radius 2 is 1.82 bits per heavy atom. The number of benzene rings is 3. The molecule has 1 atom stereocenters. The van der Waals surface area contributed by atoms with Crippen molar-refractivity contribution in [3.05, 3.63) is 99.6 Å². The topological polar surface area (TPSA) is 180 Å². The molecule has 0 aliphatic carbocycles. The molecular weight excluding hydrogens is 656 g/mol. The number of nitrogens with zero attached hydrogens (tertiary/aromatic N) is 4. The first kappa shape index (κ1) is 35.8. The molecular formula is C37H39ClN8O4. The minimum absolute atomic E-state index is 0.0143. The molecule has 13 heteroatoms. The molecule has 2 aliphatic rings. The summed E-state index contributed by atoms with van der Waals surface area (Å²) in [5.41, 5.74) is 11.3. The van der Waals surface area contributed by atoms with Crippen LogP contribution in [-0.2, 0) is 14.3 Å². The highest BCUT2D eigenvalue weighted by Crippen LogP contribution is 2.29. The Labute approximate surface area is 296 Å². The average molecular weight is 695 g/mol. The van der Waals surface area contributed by atoms with Gasteiger partial charge < -0.3 is 25.6 Å². The van der Waals surface area contributed by atoms with Crippen LogP contribution in [0.3, 0.4) is 0 Å². The van der Waals surface area contributed by atoms with E-state index in [9.17, 15) is 19.6 Å². The number of likely N-dealkylation sites (tertiary alicyclic amines) is 1. The van der Waals surface area contributed by atoms with Gasteiger partial charge in [-0.3, -0.25) is 25.3 Å². The van der Waals surface area contributed by atoms with Gasteiger partial charge in [0.05, 0.1) is 28.8 Å². The van der Waals surface area contributed by atoms with Crippen LogP contribution in [0.25, 0.3) is 5.57 Å². The Kier molecular flexibility index (Phi) is 11.3. The van der Waals surface area contributed by atoms with Gasteiger partial charge in [-0.2, -0.15) is 5.26 Å². The van der Waals surface area contributed by atoms with Crippen molar-refractivity contribution in [2.24, 2.45) is 5.92 Å². The lowest BCUT2D eigenvalue weighted by Gasteiger charge is -2.29. The summed E-state index contributed by atoms with van der Waals surface area (Å²) >= 11 is 6.21. The summed E-state index contributed by atoms with van der Waals surface area (Å²) in [6, 6.07) is 19.2. The zero-order valence-electron chi connectivity index (χ0n) is 28.0. The fraction of sp³-hybridized carbons (Fsp3) is 0.297. The fourth-order valence-corrected chi connectivity index (χ4v) is 6.42. The summed E-state index contributed by atoms with van der Waals surface area (Å²) in [6.07, 6.45) is 2.66. The van der Waals surface area contributed by atoms with Crippen LogP contribution in [0.5, 0.6) is 0 Å². The molecule has 3 amide bonds. The normalized spacial score (nSPS) is 15.8. The maximum Gasteiger partial charge on any atom is 0.413 e. The Morgan fingerprint density at radius 3 is 2.46 bits per heavy atom. The second-order valence-electron chi connectivity index (χ2n) is 12.1. The number of anilines is 2. The molecule has 0 unspecified atom stereocenters. The lowest BCUT2D eigenvalue weighted by molar-refractivity contribution is -0.132. The summed E-state index contributed by atoms with van der Waals surface area (Å²) < 4.78 is 4.89. The third kappa shape index (κ3) is 8.02. The molecule has 12 nitrogen and oxygen atoms in total. The van der Waals surface area contributed by atoms with E-state index in [4.69, 9.17) is 32.9 Å². The minimum atomic E-state index is -0.697. The molecule has 3 aromatic carbocycles. The van der Waals surface area contributed by atoms with E-state index >= 15 is 0 Å². The Balaban J connectivity index is 1.17. The number of nitriles is 1. The number of hydrogen-bond acceptors (Lipinski definition) is 9. The van der Waals surface area contributed by atoms with Gasteiger partial charge >= 0.3 is 6.09 Å². The molecule has 2 aliphatic heterocycles. The Bertz CT molecular complexity index is 1900. The first-order valence-corrected chi connectivity index (χ1v) is 16.7. The number of carbonyl (C=O) groups excluding carboxylic acids is 3. The third-order valence-corrected chi connectivity index (χ3v) is 9.35. The zero-order valence-corrected chi connectivity index (χ0v) is 28.7. The van der Waals surface area contributed by atoms with E-state index in [1.807, 2.05) is 41.0 Å². The highest BCUT2D eigenvalue weighted by Gasteiger charge is 2.33. The minimum Gasteiger partial charge on any atom is -0.398 e. The number of nitrogen functional groups attached to an aromatic ring is 1. The number of hydrogen-bond donors (Lipinski definition) is 4. The number of rotatable bonds is 9. The molecule has 0 spiro atoms. The molecule has 50 heavy (non-hydrogen) atoms. The van der Waals surface area contributed by atoms with Crippen molar-refractivity contribution in [3.63, 3.8) is 0 Å². The maximum absolute atomic E-state index is 13.8. The molecule has 1 saturated heterocycles. The lowest BCUT2D eigenvalue weighted by Crippen LogP contribution is -2.42. The van der Waals surface area contributed by atoms with Crippen molar-refractivity contribution in [1.29, 1.82) is 16.1 Å². The smallest absolute Gasteiger partial charge is 0.398 e. The van der Waals surface area contributed by atoms with Crippen molar-refractivity contribution in [2.45, 2.75) is 19.8 Å². The van der Waals surface area contributed by atoms with Crippen LogP contribution in [0.2, 0.25) is 5.02 Å². The van der Waals surface area contributed by atoms with Crippen molar-refractivity contribution < 1.29 is 19.1 Å². The summed E-state index contributed by atoms with van der Waals surface area (Å²) in [6.45, 7) is 4.72. The van der Waals surface area contributed by atoms with E-state index in [1.54, 1.807) is 53.4 Å². The van der Waals surface area contributed by atoms with Gasteiger partial charge in [-0.1, -0.05) is 35.9 Å². The number of nitrogens with one attached hydrogen (secondary N) is 3. The molecule has 0 saturated carbocycles.